The van der Waals surface area contributed by atoms with Crippen LogP contribution in [0.2, 0.25) is 10.3 Å². The first kappa shape index (κ1) is 11.8. The summed E-state index contributed by atoms with van der Waals surface area (Å²) in [5, 5.41) is 6.39. The van der Waals surface area contributed by atoms with E-state index in [0.717, 1.165) is 0 Å². The van der Waals surface area contributed by atoms with Crippen LogP contribution < -0.4 is 5.32 Å². The van der Waals surface area contributed by atoms with Crippen molar-refractivity contribution in [2.75, 3.05) is 0 Å². The SMILES string of the molecule is O=C(NCc1ncon1)c1ccc(Cl)nc1Cl. The molecule has 88 valence electrons. The summed E-state index contributed by atoms with van der Waals surface area (Å²) in [6.45, 7) is 0.147. The second kappa shape index (κ2) is 5.11. The average molecular weight is 273 g/mol. The molecule has 17 heavy (non-hydrogen) atoms. The zero-order chi connectivity index (χ0) is 12.3. The summed E-state index contributed by atoms with van der Waals surface area (Å²) in [5.74, 6) is -0.0136. The zero-order valence-corrected chi connectivity index (χ0v) is 9.87. The van der Waals surface area contributed by atoms with Crippen LogP contribution in [0.4, 0.5) is 0 Å². The molecule has 2 aromatic heterocycles. The number of hydrogen-bond donors (Lipinski definition) is 1. The number of nitrogens with zero attached hydrogens (tertiary/aromatic N) is 3. The van der Waals surface area contributed by atoms with Gasteiger partial charge >= 0.3 is 0 Å². The van der Waals surface area contributed by atoms with Gasteiger partial charge in [-0.05, 0) is 12.1 Å². The first-order valence-electron chi connectivity index (χ1n) is 4.52. The molecule has 2 rings (SSSR count). The quantitative estimate of drug-likeness (QED) is 0.861. The topological polar surface area (TPSA) is 80.9 Å². The number of halogens is 2. The Hall–Kier alpha value is -1.66. The van der Waals surface area contributed by atoms with Crippen LogP contribution in [-0.2, 0) is 6.54 Å². The molecular weight excluding hydrogens is 267 g/mol. The maximum absolute atomic E-state index is 11.7. The number of carbonyl (C=O) groups excluding carboxylic acids is 1. The molecular formula is C9H6Cl2N4O2. The molecule has 0 atom stereocenters. The number of hydrogen-bond acceptors (Lipinski definition) is 5. The molecule has 0 spiro atoms. The summed E-state index contributed by atoms with van der Waals surface area (Å²) in [6.07, 6.45) is 1.18. The number of carbonyl (C=O) groups is 1. The molecule has 1 amide bonds. The Bertz CT molecular complexity index is 530. The third kappa shape index (κ3) is 2.92. The molecule has 2 heterocycles. The fourth-order valence-electron chi connectivity index (χ4n) is 1.11. The van der Waals surface area contributed by atoms with E-state index in [1.807, 2.05) is 0 Å². The predicted octanol–water partition coefficient (Wildman–Crippen LogP) is 1.70. The molecule has 0 unspecified atom stereocenters. The molecule has 0 radical (unpaired) electrons. The normalized spacial score (nSPS) is 10.2. The van der Waals surface area contributed by atoms with Crippen molar-refractivity contribution in [3.63, 3.8) is 0 Å². The van der Waals surface area contributed by atoms with E-state index >= 15 is 0 Å². The van der Waals surface area contributed by atoms with Gasteiger partial charge in [0.1, 0.15) is 10.3 Å². The van der Waals surface area contributed by atoms with Crippen molar-refractivity contribution in [3.8, 4) is 0 Å². The second-order valence-corrected chi connectivity index (χ2v) is 3.75. The van der Waals surface area contributed by atoms with Crippen LogP contribution in [-0.4, -0.2) is 21.0 Å². The van der Waals surface area contributed by atoms with Gasteiger partial charge in [-0.15, -0.1) is 0 Å². The van der Waals surface area contributed by atoms with Crippen LogP contribution in [0.1, 0.15) is 16.2 Å². The van der Waals surface area contributed by atoms with E-state index in [4.69, 9.17) is 23.2 Å². The summed E-state index contributed by atoms with van der Waals surface area (Å²) < 4.78 is 4.52. The molecule has 0 aliphatic rings. The van der Waals surface area contributed by atoms with Crippen molar-refractivity contribution in [2.45, 2.75) is 6.54 Å². The number of rotatable bonds is 3. The Labute approximate surface area is 106 Å². The van der Waals surface area contributed by atoms with E-state index in [1.54, 1.807) is 0 Å². The van der Waals surface area contributed by atoms with Gasteiger partial charge in [0.2, 0.25) is 6.39 Å². The highest BCUT2D eigenvalue weighted by Gasteiger charge is 2.12. The Morgan fingerprint density at radius 1 is 1.41 bits per heavy atom. The van der Waals surface area contributed by atoms with Crippen LogP contribution in [0.15, 0.2) is 23.0 Å². The van der Waals surface area contributed by atoms with Crippen molar-refractivity contribution in [1.82, 2.24) is 20.4 Å². The van der Waals surface area contributed by atoms with E-state index in [1.165, 1.54) is 18.5 Å². The van der Waals surface area contributed by atoms with Crippen LogP contribution in [0.25, 0.3) is 0 Å². The van der Waals surface area contributed by atoms with Crippen LogP contribution >= 0.6 is 23.2 Å². The van der Waals surface area contributed by atoms with Gasteiger partial charge in [0.25, 0.3) is 5.91 Å². The Morgan fingerprint density at radius 2 is 2.24 bits per heavy atom. The van der Waals surface area contributed by atoms with E-state index in [-0.39, 0.29) is 28.3 Å². The molecule has 0 saturated heterocycles. The molecule has 1 N–H and O–H groups in total. The maximum atomic E-state index is 11.7. The minimum Gasteiger partial charge on any atom is -0.345 e. The third-order valence-corrected chi connectivity index (χ3v) is 2.37. The summed E-state index contributed by atoms with van der Waals surface area (Å²) in [6, 6.07) is 2.97. The lowest BCUT2D eigenvalue weighted by molar-refractivity contribution is 0.0949. The fourth-order valence-corrected chi connectivity index (χ4v) is 1.54. The van der Waals surface area contributed by atoms with Crippen LogP contribution in [0.3, 0.4) is 0 Å². The lowest BCUT2D eigenvalue weighted by atomic mass is 10.2. The summed E-state index contributed by atoms with van der Waals surface area (Å²) in [5.41, 5.74) is 0.236. The van der Waals surface area contributed by atoms with E-state index in [9.17, 15) is 4.79 Å². The van der Waals surface area contributed by atoms with Crippen molar-refractivity contribution < 1.29 is 9.32 Å². The number of nitrogens with one attached hydrogen (secondary N) is 1. The minimum atomic E-state index is -0.385. The second-order valence-electron chi connectivity index (χ2n) is 3.00. The molecule has 2 aromatic rings. The summed E-state index contributed by atoms with van der Waals surface area (Å²) in [7, 11) is 0. The highest BCUT2D eigenvalue weighted by atomic mass is 35.5. The van der Waals surface area contributed by atoms with Gasteiger partial charge in [-0.3, -0.25) is 4.79 Å². The Morgan fingerprint density at radius 3 is 2.88 bits per heavy atom. The van der Waals surface area contributed by atoms with Crippen molar-refractivity contribution >= 4 is 29.1 Å². The summed E-state index contributed by atoms with van der Waals surface area (Å²) >= 11 is 11.4. The number of pyridine rings is 1. The van der Waals surface area contributed by atoms with Crippen LogP contribution in [0.5, 0.6) is 0 Å². The largest absolute Gasteiger partial charge is 0.345 e. The molecule has 0 bridgehead atoms. The van der Waals surface area contributed by atoms with E-state index in [2.05, 4.69) is 25.0 Å². The molecule has 0 saturated carbocycles. The van der Waals surface area contributed by atoms with Gasteiger partial charge in [0, 0.05) is 0 Å². The zero-order valence-electron chi connectivity index (χ0n) is 8.35. The van der Waals surface area contributed by atoms with E-state index in [0.29, 0.717) is 5.82 Å². The molecule has 8 heteroatoms. The minimum absolute atomic E-state index is 0.0445. The van der Waals surface area contributed by atoms with Crippen molar-refractivity contribution in [1.29, 1.82) is 0 Å². The molecule has 0 aromatic carbocycles. The molecule has 0 aliphatic carbocycles. The average Bonchev–Trinajstić information content (AvgIpc) is 2.78. The van der Waals surface area contributed by atoms with E-state index < -0.39 is 0 Å². The van der Waals surface area contributed by atoms with Crippen molar-refractivity contribution in [3.05, 3.63) is 40.2 Å². The van der Waals surface area contributed by atoms with Gasteiger partial charge < -0.3 is 9.84 Å². The summed E-state index contributed by atoms with van der Waals surface area (Å²) in [4.78, 5) is 19.2. The fraction of sp³-hybridized carbons (Fsp3) is 0.111. The maximum Gasteiger partial charge on any atom is 0.254 e. The van der Waals surface area contributed by atoms with Crippen LogP contribution in [0, 0.1) is 0 Å². The van der Waals surface area contributed by atoms with Gasteiger partial charge in [0.05, 0.1) is 12.1 Å². The van der Waals surface area contributed by atoms with Crippen molar-refractivity contribution in [2.24, 2.45) is 0 Å². The Balaban J connectivity index is 2.04. The first-order valence-corrected chi connectivity index (χ1v) is 5.28. The molecule has 0 aliphatic heterocycles. The molecule has 6 nitrogen and oxygen atoms in total. The highest BCUT2D eigenvalue weighted by Crippen LogP contribution is 2.16. The highest BCUT2D eigenvalue weighted by molar-refractivity contribution is 6.34. The standard InChI is InChI=1S/C9H6Cl2N4O2/c10-6-2-1-5(8(11)14-6)9(16)12-3-7-13-4-17-15-7/h1-2,4H,3H2,(H,12,16). The first-order chi connectivity index (χ1) is 8.16. The molecule has 0 fully saturated rings. The number of amides is 1. The van der Waals surface area contributed by atoms with Gasteiger partial charge in [-0.1, -0.05) is 28.4 Å². The monoisotopic (exact) mass is 272 g/mol. The third-order valence-electron chi connectivity index (χ3n) is 1.87. The Kier molecular flexibility index (Phi) is 3.55. The van der Waals surface area contributed by atoms with Gasteiger partial charge in [-0.25, -0.2) is 4.98 Å². The number of aromatic nitrogens is 3. The van der Waals surface area contributed by atoms with Gasteiger partial charge in [0.15, 0.2) is 5.82 Å². The smallest absolute Gasteiger partial charge is 0.254 e. The lowest BCUT2D eigenvalue weighted by Crippen LogP contribution is -2.23. The lowest BCUT2D eigenvalue weighted by Gasteiger charge is -2.04. The predicted molar refractivity (Wildman–Crippen MR) is 59.7 cm³/mol. The van der Waals surface area contributed by atoms with Gasteiger partial charge in [-0.2, -0.15) is 4.98 Å².